The van der Waals surface area contributed by atoms with Crippen molar-refractivity contribution in [3.8, 4) is 11.3 Å². The summed E-state index contributed by atoms with van der Waals surface area (Å²) in [6.07, 6.45) is -1.65. The van der Waals surface area contributed by atoms with E-state index in [1.165, 1.54) is 32.4 Å². The summed E-state index contributed by atoms with van der Waals surface area (Å²) in [7, 11) is 0. The van der Waals surface area contributed by atoms with Crippen molar-refractivity contribution in [2.45, 2.75) is 58.7 Å². The SMILES string of the molecule is CC(=O)OCC1OC(n2cc(-c3ccc4cc(C(C)=O)ccc4c3)nn2)CC(OC(C)=O)C1OC(C)=O. The summed E-state index contributed by atoms with van der Waals surface area (Å²) in [5, 5.41) is 10.3. The van der Waals surface area contributed by atoms with Crippen LogP contribution in [0.25, 0.3) is 22.0 Å². The molecule has 1 fully saturated rings. The number of carbonyl (C=O) groups excluding carboxylic acids is 4. The smallest absolute Gasteiger partial charge is 0.303 e. The van der Waals surface area contributed by atoms with Crippen molar-refractivity contribution in [3.05, 3.63) is 48.2 Å². The molecule has 0 bridgehead atoms. The van der Waals surface area contributed by atoms with Crippen LogP contribution in [0, 0.1) is 0 Å². The summed E-state index contributed by atoms with van der Waals surface area (Å²) in [5.41, 5.74) is 2.01. The maximum atomic E-state index is 11.8. The second-order valence-corrected chi connectivity index (χ2v) is 8.81. The van der Waals surface area contributed by atoms with Gasteiger partial charge in [0.1, 0.15) is 24.5 Å². The molecule has 0 saturated carbocycles. The first-order chi connectivity index (χ1) is 17.6. The van der Waals surface area contributed by atoms with Crippen LogP contribution in [-0.2, 0) is 33.3 Å². The van der Waals surface area contributed by atoms with Gasteiger partial charge < -0.3 is 18.9 Å². The number of ketones is 1. The van der Waals surface area contributed by atoms with Crippen molar-refractivity contribution >= 4 is 34.5 Å². The second-order valence-electron chi connectivity index (χ2n) is 8.81. The third-order valence-electron chi connectivity index (χ3n) is 5.92. The first kappa shape index (κ1) is 26.0. The summed E-state index contributed by atoms with van der Waals surface area (Å²) in [6, 6.07) is 11.2. The lowest BCUT2D eigenvalue weighted by Crippen LogP contribution is -2.52. The van der Waals surface area contributed by atoms with Crippen molar-refractivity contribution in [2.75, 3.05) is 6.61 Å². The van der Waals surface area contributed by atoms with E-state index in [1.54, 1.807) is 12.3 Å². The molecule has 0 spiro atoms. The molecular formula is C26H27N3O8. The average molecular weight is 510 g/mol. The summed E-state index contributed by atoms with van der Waals surface area (Å²) in [4.78, 5) is 46.6. The highest BCUT2D eigenvalue weighted by Crippen LogP contribution is 2.33. The highest BCUT2D eigenvalue weighted by atomic mass is 16.6. The monoisotopic (exact) mass is 509 g/mol. The third-order valence-corrected chi connectivity index (χ3v) is 5.92. The van der Waals surface area contributed by atoms with E-state index in [2.05, 4.69) is 10.3 Å². The van der Waals surface area contributed by atoms with Gasteiger partial charge in [0.2, 0.25) is 0 Å². The van der Waals surface area contributed by atoms with Gasteiger partial charge in [-0.15, -0.1) is 5.10 Å². The minimum absolute atomic E-state index is 0.00333. The van der Waals surface area contributed by atoms with E-state index < -0.39 is 42.4 Å². The van der Waals surface area contributed by atoms with Crippen LogP contribution in [0.2, 0.25) is 0 Å². The lowest BCUT2D eigenvalue weighted by atomic mass is 10.00. The molecule has 194 valence electrons. The molecule has 1 saturated heterocycles. The Hall–Kier alpha value is -4.12. The molecule has 2 aromatic carbocycles. The van der Waals surface area contributed by atoms with Crippen molar-refractivity contribution in [1.82, 2.24) is 15.0 Å². The number of hydrogen-bond acceptors (Lipinski definition) is 10. The summed E-state index contributed by atoms with van der Waals surface area (Å²) < 4.78 is 23.5. The van der Waals surface area contributed by atoms with Gasteiger partial charge in [-0.3, -0.25) is 19.2 Å². The Morgan fingerprint density at radius 2 is 1.65 bits per heavy atom. The summed E-state index contributed by atoms with van der Waals surface area (Å²) in [5.74, 6) is -1.69. The van der Waals surface area contributed by atoms with E-state index in [9.17, 15) is 19.2 Å². The standard InChI is InChI=1S/C26H27N3O8/c1-14(30)18-5-6-20-10-21(8-7-19(20)9-18)22-12-29(28-27-22)25-11-23(35-16(3)32)26(36-17(4)33)24(37-25)13-34-15(2)31/h5-10,12,23-26H,11,13H2,1-4H3. The number of benzene rings is 2. The third kappa shape index (κ3) is 6.18. The fourth-order valence-corrected chi connectivity index (χ4v) is 4.26. The zero-order valence-electron chi connectivity index (χ0n) is 20.9. The molecule has 3 aromatic rings. The number of fused-ring (bicyclic) bond motifs is 1. The lowest BCUT2D eigenvalue weighted by molar-refractivity contribution is -0.228. The highest BCUT2D eigenvalue weighted by molar-refractivity contribution is 5.99. The molecular weight excluding hydrogens is 482 g/mol. The Kier molecular flexibility index (Phi) is 7.63. The first-order valence-corrected chi connectivity index (χ1v) is 11.7. The van der Waals surface area contributed by atoms with Crippen LogP contribution in [0.5, 0.6) is 0 Å². The largest absolute Gasteiger partial charge is 0.463 e. The van der Waals surface area contributed by atoms with E-state index >= 15 is 0 Å². The van der Waals surface area contributed by atoms with Gasteiger partial charge in [-0.05, 0) is 29.8 Å². The van der Waals surface area contributed by atoms with E-state index in [1.807, 2.05) is 30.3 Å². The minimum atomic E-state index is -0.972. The molecule has 0 amide bonds. The normalized spacial score (nSPS) is 21.3. The quantitative estimate of drug-likeness (QED) is 0.266. The topological polar surface area (TPSA) is 136 Å². The minimum Gasteiger partial charge on any atom is -0.463 e. The molecule has 0 radical (unpaired) electrons. The van der Waals surface area contributed by atoms with E-state index in [4.69, 9.17) is 18.9 Å². The first-order valence-electron chi connectivity index (χ1n) is 11.7. The van der Waals surface area contributed by atoms with Crippen LogP contribution in [0.3, 0.4) is 0 Å². The van der Waals surface area contributed by atoms with Crippen LogP contribution in [0.4, 0.5) is 0 Å². The number of Topliss-reactive ketones (excluding diaryl/α,β-unsaturated/α-hetero) is 1. The van der Waals surface area contributed by atoms with Crippen LogP contribution in [-0.4, -0.2) is 63.6 Å². The molecule has 1 aliphatic heterocycles. The Morgan fingerprint density at radius 1 is 0.946 bits per heavy atom. The zero-order chi connectivity index (χ0) is 26.7. The fourth-order valence-electron chi connectivity index (χ4n) is 4.26. The van der Waals surface area contributed by atoms with Gasteiger partial charge in [0.05, 0.1) is 6.20 Å². The van der Waals surface area contributed by atoms with Crippen LogP contribution in [0.15, 0.2) is 42.6 Å². The van der Waals surface area contributed by atoms with Gasteiger partial charge >= 0.3 is 17.9 Å². The second kappa shape index (κ2) is 10.9. The molecule has 37 heavy (non-hydrogen) atoms. The summed E-state index contributed by atoms with van der Waals surface area (Å²) in [6.45, 7) is 5.05. The van der Waals surface area contributed by atoms with Crippen molar-refractivity contribution in [2.24, 2.45) is 0 Å². The predicted octanol–water partition coefficient (Wildman–Crippen LogP) is 3.01. The molecule has 1 aliphatic rings. The summed E-state index contributed by atoms with van der Waals surface area (Å²) >= 11 is 0. The van der Waals surface area contributed by atoms with Gasteiger partial charge in [-0.1, -0.05) is 29.5 Å². The molecule has 11 heteroatoms. The predicted molar refractivity (Wildman–Crippen MR) is 129 cm³/mol. The number of aromatic nitrogens is 3. The number of esters is 3. The maximum Gasteiger partial charge on any atom is 0.303 e. The molecule has 0 N–H and O–H groups in total. The maximum absolute atomic E-state index is 11.8. The van der Waals surface area contributed by atoms with Crippen LogP contribution >= 0.6 is 0 Å². The number of rotatable bonds is 7. The molecule has 11 nitrogen and oxygen atoms in total. The molecule has 4 unspecified atom stereocenters. The Bertz CT molecular complexity index is 1350. The van der Waals surface area contributed by atoms with Gasteiger partial charge in [0, 0.05) is 38.3 Å². The van der Waals surface area contributed by atoms with Crippen LogP contribution in [0.1, 0.15) is 50.7 Å². The van der Waals surface area contributed by atoms with Gasteiger partial charge in [0.15, 0.2) is 18.1 Å². The van der Waals surface area contributed by atoms with E-state index in [0.717, 1.165) is 16.3 Å². The zero-order valence-corrected chi connectivity index (χ0v) is 20.9. The highest BCUT2D eigenvalue weighted by Gasteiger charge is 2.44. The number of hydrogen-bond donors (Lipinski definition) is 0. The van der Waals surface area contributed by atoms with Crippen LogP contribution < -0.4 is 0 Å². The van der Waals surface area contributed by atoms with E-state index in [0.29, 0.717) is 11.3 Å². The molecule has 2 heterocycles. The van der Waals surface area contributed by atoms with Gasteiger partial charge in [0.25, 0.3) is 0 Å². The Labute approximate surface area is 212 Å². The Balaban J connectivity index is 1.60. The molecule has 4 rings (SSSR count). The van der Waals surface area contributed by atoms with Gasteiger partial charge in [-0.2, -0.15) is 0 Å². The molecule has 1 aromatic heterocycles. The average Bonchev–Trinajstić information content (AvgIpc) is 3.33. The molecule has 4 atom stereocenters. The van der Waals surface area contributed by atoms with Crippen molar-refractivity contribution in [3.63, 3.8) is 0 Å². The van der Waals surface area contributed by atoms with E-state index in [-0.39, 0.29) is 18.8 Å². The lowest BCUT2D eigenvalue weighted by Gasteiger charge is -2.39. The number of ether oxygens (including phenoxy) is 4. The van der Waals surface area contributed by atoms with Crippen molar-refractivity contribution < 1.29 is 38.1 Å². The van der Waals surface area contributed by atoms with Crippen molar-refractivity contribution in [1.29, 1.82) is 0 Å². The number of carbonyl (C=O) groups is 4. The van der Waals surface area contributed by atoms with Gasteiger partial charge in [-0.25, -0.2) is 4.68 Å². The Morgan fingerprint density at radius 3 is 2.32 bits per heavy atom. The fraction of sp³-hybridized carbons (Fsp3) is 0.385. The number of nitrogens with zero attached hydrogens (tertiary/aromatic N) is 3. The molecule has 0 aliphatic carbocycles.